The van der Waals surface area contributed by atoms with Gasteiger partial charge in [0.1, 0.15) is 5.75 Å². The highest BCUT2D eigenvalue weighted by molar-refractivity contribution is 6.06. The number of methoxy groups -OCH3 is 1. The summed E-state index contributed by atoms with van der Waals surface area (Å²) in [6.07, 6.45) is 1.96. The van der Waals surface area contributed by atoms with E-state index in [9.17, 15) is 4.79 Å². The van der Waals surface area contributed by atoms with Crippen LogP contribution in [0.3, 0.4) is 0 Å². The lowest BCUT2D eigenvalue weighted by Crippen LogP contribution is -2.46. The van der Waals surface area contributed by atoms with Crippen molar-refractivity contribution >= 4 is 11.9 Å². The molecular weight excluding hydrogens is 334 g/mol. The minimum atomic E-state index is 0.0228. The number of nitrogens with zero attached hydrogens (tertiary/aromatic N) is 1. The molecule has 4 rings (SSSR count). The van der Waals surface area contributed by atoms with Crippen LogP contribution in [0, 0.1) is 0 Å². The molecular formula is C24H21NO2. The Kier molecular flexibility index (Phi) is 4.75. The average Bonchev–Trinajstić information content (AvgIpc) is 2.74. The van der Waals surface area contributed by atoms with Crippen LogP contribution in [0.1, 0.15) is 22.7 Å². The van der Waals surface area contributed by atoms with E-state index >= 15 is 0 Å². The molecule has 3 aromatic carbocycles. The number of Topliss-reactive ketones (excluding diaryl/α,β-unsaturated/α-hetero) is 1. The van der Waals surface area contributed by atoms with Crippen LogP contribution in [-0.4, -0.2) is 24.3 Å². The third-order valence-corrected chi connectivity index (χ3v) is 4.87. The topological polar surface area (TPSA) is 29.5 Å². The van der Waals surface area contributed by atoms with Gasteiger partial charge in [0, 0.05) is 0 Å². The molecule has 27 heavy (non-hydrogen) atoms. The summed E-state index contributed by atoms with van der Waals surface area (Å²) in [5, 5.41) is 0. The van der Waals surface area contributed by atoms with E-state index in [2.05, 4.69) is 29.2 Å². The number of ether oxygens (including phenoxy) is 1. The van der Waals surface area contributed by atoms with Crippen LogP contribution in [0.15, 0.2) is 90.6 Å². The normalized spacial score (nSPS) is 15.1. The third-order valence-electron chi connectivity index (χ3n) is 4.87. The fraction of sp³-hybridized carbons (Fsp3) is 0.125. The zero-order chi connectivity index (χ0) is 18.6. The molecule has 134 valence electrons. The summed E-state index contributed by atoms with van der Waals surface area (Å²) in [6.45, 7) is 0.427. The van der Waals surface area contributed by atoms with Crippen molar-refractivity contribution in [2.45, 2.75) is 6.04 Å². The van der Waals surface area contributed by atoms with Gasteiger partial charge in [0.2, 0.25) is 0 Å². The number of hydrogen-bond acceptors (Lipinski definition) is 3. The summed E-state index contributed by atoms with van der Waals surface area (Å²) in [4.78, 5) is 14.6. The lowest BCUT2D eigenvalue weighted by molar-refractivity contribution is -0.124. The van der Waals surface area contributed by atoms with Crippen molar-refractivity contribution < 1.29 is 9.53 Å². The Balaban J connectivity index is 1.71. The minimum Gasteiger partial charge on any atom is -0.497 e. The molecule has 0 bridgehead atoms. The molecule has 1 heterocycles. The fourth-order valence-electron chi connectivity index (χ4n) is 3.46. The van der Waals surface area contributed by atoms with Gasteiger partial charge in [-0.25, -0.2) is 0 Å². The van der Waals surface area contributed by atoms with Crippen molar-refractivity contribution in [1.29, 1.82) is 0 Å². The second-order valence-electron chi connectivity index (χ2n) is 6.58. The first-order chi connectivity index (χ1) is 13.3. The van der Waals surface area contributed by atoms with E-state index in [-0.39, 0.29) is 11.8 Å². The maximum absolute atomic E-state index is 12.4. The minimum absolute atomic E-state index is 0.0228. The average molecular weight is 355 g/mol. The summed E-state index contributed by atoms with van der Waals surface area (Å²) >= 11 is 0. The summed E-state index contributed by atoms with van der Waals surface area (Å²) < 4.78 is 5.21. The van der Waals surface area contributed by atoms with Gasteiger partial charge >= 0.3 is 0 Å². The Bertz CT molecular complexity index is 907. The number of hydrogen-bond donors (Lipinski definition) is 0. The lowest BCUT2D eigenvalue weighted by Gasteiger charge is -2.42. The van der Waals surface area contributed by atoms with Crippen LogP contribution >= 0.6 is 0 Å². The molecule has 3 aromatic rings. The molecule has 1 aliphatic rings. The van der Waals surface area contributed by atoms with Crippen molar-refractivity contribution in [2.24, 2.45) is 0 Å². The molecule has 0 saturated carbocycles. The Hall–Kier alpha value is -3.33. The van der Waals surface area contributed by atoms with Crippen LogP contribution in [-0.2, 0) is 4.79 Å². The lowest BCUT2D eigenvalue weighted by atomic mass is 9.92. The highest BCUT2D eigenvalue weighted by Crippen LogP contribution is 2.37. The first kappa shape index (κ1) is 17.1. The van der Waals surface area contributed by atoms with Crippen LogP contribution in [0.25, 0.3) is 6.08 Å². The Morgan fingerprint density at radius 3 is 1.89 bits per heavy atom. The van der Waals surface area contributed by atoms with E-state index in [1.54, 1.807) is 7.11 Å². The van der Waals surface area contributed by atoms with Crippen molar-refractivity contribution in [3.05, 3.63) is 107 Å². The van der Waals surface area contributed by atoms with E-state index in [4.69, 9.17) is 4.74 Å². The largest absolute Gasteiger partial charge is 0.497 e. The number of carbonyl (C=O) groups excluding carboxylic acids is 1. The molecule has 0 N–H and O–H groups in total. The quantitative estimate of drug-likeness (QED) is 0.621. The first-order valence-corrected chi connectivity index (χ1v) is 9.02. The third kappa shape index (κ3) is 3.49. The SMILES string of the molecule is COc1ccc(/C=C2\C(=O)CN2C(c2ccccc2)c2ccccc2)cc1. The van der Waals surface area contributed by atoms with Gasteiger partial charge < -0.3 is 9.64 Å². The van der Waals surface area contributed by atoms with Crippen LogP contribution in [0.4, 0.5) is 0 Å². The summed E-state index contributed by atoms with van der Waals surface area (Å²) in [7, 11) is 1.65. The number of ketones is 1. The number of carbonyl (C=O) groups is 1. The van der Waals surface area contributed by atoms with Crippen LogP contribution in [0.5, 0.6) is 5.75 Å². The van der Waals surface area contributed by atoms with Crippen molar-refractivity contribution in [2.75, 3.05) is 13.7 Å². The van der Waals surface area contributed by atoms with Gasteiger partial charge in [-0.05, 0) is 34.9 Å². The molecule has 1 aliphatic heterocycles. The van der Waals surface area contributed by atoms with Crippen LogP contribution in [0.2, 0.25) is 0 Å². The van der Waals surface area contributed by atoms with Gasteiger partial charge in [-0.3, -0.25) is 4.79 Å². The summed E-state index contributed by atoms with van der Waals surface area (Å²) in [6, 6.07) is 28.4. The number of likely N-dealkylation sites (tertiary alicyclic amines) is 1. The van der Waals surface area contributed by atoms with E-state index in [1.807, 2.05) is 66.7 Å². The van der Waals surface area contributed by atoms with E-state index < -0.39 is 0 Å². The highest BCUT2D eigenvalue weighted by Gasteiger charge is 2.36. The van der Waals surface area contributed by atoms with Gasteiger partial charge in [0.25, 0.3) is 0 Å². The Morgan fingerprint density at radius 1 is 0.852 bits per heavy atom. The van der Waals surface area contributed by atoms with Crippen molar-refractivity contribution in [1.82, 2.24) is 4.90 Å². The molecule has 1 saturated heterocycles. The van der Waals surface area contributed by atoms with E-state index in [0.29, 0.717) is 6.54 Å². The first-order valence-electron chi connectivity index (χ1n) is 9.02. The van der Waals surface area contributed by atoms with E-state index in [0.717, 1.165) is 17.0 Å². The molecule has 3 heteroatoms. The van der Waals surface area contributed by atoms with Gasteiger partial charge in [0.15, 0.2) is 5.78 Å². The molecule has 0 aliphatic carbocycles. The smallest absolute Gasteiger partial charge is 0.198 e. The fourth-order valence-corrected chi connectivity index (χ4v) is 3.46. The highest BCUT2D eigenvalue weighted by atomic mass is 16.5. The predicted octanol–water partition coefficient (Wildman–Crippen LogP) is 4.71. The maximum atomic E-state index is 12.4. The van der Waals surface area contributed by atoms with Crippen molar-refractivity contribution in [3.63, 3.8) is 0 Å². The number of rotatable bonds is 5. The Labute approximate surface area is 159 Å². The van der Waals surface area contributed by atoms with Gasteiger partial charge in [-0.15, -0.1) is 0 Å². The van der Waals surface area contributed by atoms with Gasteiger partial charge in [-0.2, -0.15) is 0 Å². The predicted molar refractivity (Wildman–Crippen MR) is 107 cm³/mol. The molecule has 0 spiro atoms. The zero-order valence-corrected chi connectivity index (χ0v) is 15.2. The molecule has 0 aromatic heterocycles. The van der Waals surface area contributed by atoms with Crippen LogP contribution < -0.4 is 4.74 Å². The molecule has 1 fully saturated rings. The zero-order valence-electron chi connectivity index (χ0n) is 15.2. The van der Waals surface area contributed by atoms with E-state index in [1.165, 1.54) is 11.1 Å². The van der Waals surface area contributed by atoms with Gasteiger partial charge in [0.05, 0.1) is 25.4 Å². The molecule has 0 atom stereocenters. The second-order valence-corrected chi connectivity index (χ2v) is 6.58. The standard InChI is InChI=1S/C24H21NO2/c1-27-21-14-12-18(13-15-21)16-22-23(26)17-25(22)24(19-8-4-2-5-9-19)20-10-6-3-7-11-20/h2-16,24H,17H2,1H3/b22-16+. The van der Waals surface area contributed by atoms with Gasteiger partial charge in [-0.1, -0.05) is 72.8 Å². The Morgan fingerprint density at radius 2 is 1.41 bits per heavy atom. The summed E-state index contributed by atoms with van der Waals surface area (Å²) in [5.74, 6) is 0.975. The molecule has 0 radical (unpaired) electrons. The van der Waals surface area contributed by atoms with Crippen molar-refractivity contribution in [3.8, 4) is 5.75 Å². The monoisotopic (exact) mass is 355 g/mol. The second kappa shape index (κ2) is 7.50. The number of benzene rings is 3. The molecule has 0 unspecified atom stereocenters. The maximum Gasteiger partial charge on any atom is 0.198 e. The molecule has 3 nitrogen and oxygen atoms in total. The molecule has 0 amide bonds. The summed E-state index contributed by atoms with van der Waals surface area (Å²) in [5.41, 5.74) is 4.09.